The van der Waals surface area contributed by atoms with Crippen LogP contribution in [0.4, 0.5) is 0 Å². The number of nitrogens with one attached hydrogen (secondary N) is 1. The minimum absolute atomic E-state index is 0. The monoisotopic (exact) mass is 359 g/mol. The fraction of sp³-hybridized carbons (Fsp3) is 0.750. The van der Waals surface area contributed by atoms with Gasteiger partial charge in [-0.1, -0.05) is 12.1 Å². The van der Waals surface area contributed by atoms with Gasteiger partial charge in [-0.2, -0.15) is 0 Å². The summed E-state index contributed by atoms with van der Waals surface area (Å²) in [6.07, 6.45) is 4.34. The van der Waals surface area contributed by atoms with Crippen LogP contribution in [0.3, 0.4) is 0 Å². The van der Waals surface area contributed by atoms with Crippen LogP contribution in [0.1, 0.15) is 69.5 Å². The zero-order chi connectivity index (χ0) is 17.3. The van der Waals surface area contributed by atoms with Crippen LogP contribution in [0.5, 0.6) is 0 Å². The van der Waals surface area contributed by atoms with E-state index >= 15 is 0 Å². The molecule has 0 unspecified atom stereocenters. The van der Waals surface area contributed by atoms with E-state index in [-0.39, 0.29) is 19.4 Å². The van der Waals surface area contributed by atoms with Gasteiger partial charge < -0.3 is 9.84 Å². The van der Waals surface area contributed by atoms with Gasteiger partial charge in [-0.15, -0.1) is 10.8 Å². The zero-order valence-corrected chi connectivity index (χ0v) is 15.1. The molecule has 7 nitrogen and oxygen atoms in total. The molecule has 1 saturated heterocycles. The van der Waals surface area contributed by atoms with Crippen molar-refractivity contribution in [1.82, 2.24) is 14.8 Å². The molecule has 1 aliphatic heterocycles. The Morgan fingerprint density at radius 1 is 1.50 bits per heavy atom. The Balaban J connectivity index is 0.00000225. The smallest absolute Gasteiger partial charge is 0.273 e. The second-order valence-corrected chi connectivity index (χ2v) is 9.05. The lowest BCUT2D eigenvalue weighted by molar-refractivity contribution is 0.0903. The summed E-state index contributed by atoms with van der Waals surface area (Å²) in [6.45, 7) is 4.49. The van der Waals surface area contributed by atoms with Crippen molar-refractivity contribution in [3.8, 4) is 0 Å². The highest BCUT2D eigenvalue weighted by atomic mass is 32.3. The number of hydrogen-bond donors (Lipinski definition) is 3. The van der Waals surface area contributed by atoms with Crippen LogP contribution in [0.25, 0.3) is 0 Å². The molecule has 2 fully saturated rings. The molecule has 1 aromatic heterocycles. The van der Waals surface area contributed by atoms with Gasteiger partial charge in [-0.3, -0.25) is 13.9 Å². The number of nitrogens with zero attached hydrogens (tertiary/aromatic N) is 2. The Hall–Kier alpha value is -1.09. The van der Waals surface area contributed by atoms with E-state index in [0.717, 1.165) is 25.0 Å². The highest BCUT2D eigenvalue weighted by molar-refractivity contribution is 8.22. The zero-order valence-electron chi connectivity index (χ0n) is 14.3. The van der Waals surface area contributed by atoms with Gasteiger partial charge in [0.1, 0.15) is 5.76 Å². The van der Waals surface area contributed by atoms with Gasteiger partial charge in [-0.05, 0) is 39.0 Å². The third kappa shape index (κ3) is 3.93. The molecule has 24 heavy (non-hydrogen) atoms. The molecule has 3 rings (SSSR count). The maximum absolute atomic E-state index is 12.3. The van der Waals surface area contributed by atoms with Crippen LogP contribution in [-0.4, -0.2) is 48.9 Å². The van der Waals surface area contributed by atoms with Crippen LogP contribution in [0.15, 0.2) is 10.6 Å². The maximum Gasteiger partial charge on any atom is 0.273 e. The second-order valence-electron chi connectivity index (χ2n) is 6.91. The van der Waals surface area contributed by atoms with E-state index in [1.807, 2.05) is 13.8 Å². The Morgan fingerprint density at radius 2 is 2.25 bits per heavy atom. The summed E-state index contributed by atoms with van der Waals surface area (Å²) in [7, 11) is -2.69. The largest absolute Gasteiger partial charge is 0.360 e. The molecular formula is C16H29N3O4S. The molecule has 0 bridgehead atoms. The lowest BCUT2D eigenvalue weighted by atomic mass is 10.0. The summed E-state index contributed by atoms with van der Waals surface area (Å²) in [5, 5.41) is 6.87. The molecule has 8 heteroatoms. The number of amides is 1. The lowest BCUT2D eigenvalue weighted by Crippen LogP contribution is -2.49. The molecule has 138 valence electrons. The third-order valence-corrected chi connectivity index (χ3v) is 6.99. The Labute approximate surface area is 145 Å². The van der Waals surface area contributed by atoms with E-state index in [0.29, 0.717) is 36.8 Å². The summed E-state index contributed by atoms with van der Waals surface area (Å²) < 4.78 is 27.6. The van der Waals surface area contributed by atoms with Crippen LogP contribution in [0, 0.1) is 0 Å². The Morgan fingerprint density at radius 3 is 2.88 bits per heavy atom. The van der Waals surface area contributed by atoms with Gasteiger partial charge in [0, 0.05) is 32.0 Å². The van der Waals surface area contributed by atoms with Crippen molar-refractivity contribution in [1.29, 1.82) is 0 Å². The number of aromatic nitrogens is 1. The van der Waals surface area contributed by atoms with Crippen LogP contribution in [0.2, 0.25) is 0 Å². The molecular weight excluding hydrogens is 330 g/mol. The minimum atomic E-state index is -2.69. The molecule has 1 aliphatic carbocycles. The first-order valence-corrected chi connectivity index (χ1v) is 10.4. The molecule has 0 radical (unpaired) electrons. The highest BCUT2D eigenvalue weighted by Gasteiger charge is 2.34. The van der Waals surface area contributed by atoms with Crippen molar-refractivity contribution < 1.29 is 19.8 Å². The normalized spacial score (nSPS) is 26.3. The van der Waals surface area contributed by atoms with E-state index < -0.39 is 10.8 Å². The van der Waals surface area contributed by atoms with Gasteiger partial charge in [-0.25, -0.2) is 4.31 Å². The van der Waals surface area contributed by atoms with Gasteiger partial charge in [0.15, 0.2) is 5.69 Å². The number of carbonyl (C=O) groups excluding carboxylic acids is 1. The number of carbonyl (C=O) groups is 1. The van der Waals surface area contributed by atoms with Crippen molar-refractivity contribution in [2.45, 2.75) is 64.0 Å². The van der Waals surface area contributed by atoms with Gasteiger partial charge in [0.05, 0.1) is 5.75 Å². The minimum Gasteiger partial charge on any atom is -0.360 e. The van der Waals surface area contributed by atoms with Gasteiger partial charge in [0.25, 0.3) is 5.91 Å². The predicted octanol–water partition coefficient (Wildman–Crippen LogP) is 3.46. The van der Waals surface area contributed by atoms with Gasteiger partial charge in [0.2, 0.25) is 0 Å². The summed E-state index contributed by atoms with van der Waals surface area (Å²) in [5.41, 5.74) is 0.335. The molecule has 0 spiro atoms. The molecule has 2 aliphatic rings. The van der Waals surface area contributed by atoms with Crippen LogP contribution >= 0.6 is 10.8 Å². The van der Waals surface area contributed by atoms with Crippen LogP contribution in [-0.2, 0) is 0 Å². The van der Waals surface area contributed by atoms with E-state index in [2.05, 4.69) is 10.5 Å². The van der Waals surface area contributed by atoms with Crippen molar-refractivity contribution >= 4 is 16.7 Å². The van der Waals surface area contributed by atoms with Crippen molar-refractivity contribution in [3.63, 3.8) is 0 Å². The first-order chi connectivity index (χ1) is 11.4. The molecule has 1 amide bonds. The number of piperidine rings is 1. The molecule has 0 aromatic carbocycles. The first kappa shape index (κ1) is 17.7. The molecule has 1 aromatic rings. The molecule has 2 heterocycles. The fourth-order valence-corrected chi connectivity index (χ4v) is 5.17. The average molecular weight is 359 g/mol. The molecule has 3 N–H and O–H groups in total. The Kier molecular flexibility index (Phi) is 5.19. The standard InChI is InChI=1S/C16H27N3O4S.H2/c1-3-8-24(21,22)19-7-6-13(9-11(19)2)17-16(20)14-10-15(23-18-14)12-4-5-12;/h10-13,21-22H,3-9H2,1-2H3,(H,17,20);1H/t11-,13-;/m1./s1. The number of rotatable bonds is 6. The van der Waals surface area contributed by atoms with Crippen LogP contribution < -0.4 is 5.32 Å². The fourth-order valence-electron chi connectivity index (χ4n) is 3.32. The number of hydrogen-bond acceptors (Lipinski definition) is 6. The molecule has 2 atom stereocenters. The Bertz CT molecular complexity index is 594. The summed E-state index contributed by atoms with van der Waals surface area (Å²) >= 11 is 0. The predicted molar refractivity (Wildman–Crippen MR) is 95.3 cm³/mol. The van der Waals surface area contributed by atoms with E-state index in [1.165, 1.54) is 0 Å². The van der Waals surface area contributed by atoms with Crippen molar-refractivity contribution in [2.75, 3.05) is 12.3 Å². The van der Waals surface area contributed by atoms with E-state index in [4.69, 9.17) is 4.52 Å². The SMILES string of the molecule is CCCS(O)(O)N1CC[C@@H](NC(=O)c2cc(C3CC3)on2)C[C@H]1C.[HH]. The van der Waals surface area contributed by atoms with E-state index in [1.54, 1.807) is 10.4 Å². The van der Waals surface area contributed by atoms with E-state index in [9.17, 15) is 13.9 Å². The highest BCUT2D eigenvalue weighted by Crippen LogP contribution is 2.47. The summed E-state index contributed by atoms with van der Waals surface area (Å²) in [6, 6.07) is 1.77. The van der Waals surface area contributed by atoms with Gasteiger partial charge >= 0.3 is 0 Å². The van der Waals surface area contributed by atoms with Crippen molar-refractivity contribution in [2.24, 2.45) is 0 Å². The van der Waals surface area contributed by atoms with Crippen molar-refractivity contribution in [3.05, 3.63) is 17.5 Å². The maximum atomic E-state index is 12.3. The molecule has 1 saturated carbocycles. The second kappa shape index (κ2) is 7.03. The quantitative estimate of drug-likeness (QED) is 0.719. The summed E-state index contributed by atoms with van der Waals surface area (Å²) in [5.74, 6) is 1.43. The summed E-state index contributed by atoms with van der Waals surface area (Å²) in [4.78, 5) is 12.3. The average Bonchev–Trinajstić information content (AvgIpc) is 3.24. The third-order valence-electron chi connectivity index (χ3n) is 4.74. The first-order valence-electron chi connectivity index (χ1n) is 8.71. The topological polar surface area (TPSA) is 98.8 Å². The lowest BCUT2D eigenvalue weighted by Gasteiger charge is -2.49.